The SMILES string of the molecule is CCC1(c2ccc(OC)c(C)c2)NC(=O)N(CC(=O)Nc2ccc(Cl)cc2C)C1=O. The van der Waals surface area contributed by atoms with Gasteiger partial charge in [-0.3, -0.25) is 14.5 Å². The summed E-state index contributed by atoms with van der Waals surface area (Å²) in [6.45, 7) is 5.11. The van der Waals surface area contributed by atoms with Gasteiger partial charge in [-0.15, -0.1) is 0 Å². The third-order valence-corrected chi connectivity index (χ3v) is 5.59. The molecule has 1 fully saturated rings. The quantitative estimate of drug-likeness (QED) is 0.684. The van der Waals surface area contributed by atoms with Crippen molar-refractivity contribution in [2.75, 3.05) is 19.0 Å². The van der Waals surface area contributed by atoms with Crippen LogP contribution in [0.5, 0.6) is 5.75 Å². The fraction of sp³-hybridized carbons (Fsp3) is 0.318. The van der Waals surface area contributed by atoms with E-state index in [4.69, 9.17) is 16.3 Å². The third kappa shape index (κ3) is 3.85. The number of amides is 4. The number of benzene rings is 2. The Hall–Kier alpha value is -3.06. The Kier molecular flexibility index (Phi) is 6.03. The average molecular weight is 430 g/mol. The highest BCUT2D eigenvalue weighted by Gasteiger charge is 2.51. The smallest absolute Gasteiger partial charge is 0.325 e. The molecule has 8 heteroatoms. The molecule has 1 heterocycles. The lowest BCUT2D eigenvalue weighted by Crippen LogP contribution is -2.44. The van der Waals surface area contributed by atoms with Crippen LogP contribution in [0.4, 0.5) is 10.5 Å². The Morgan fingerprint density at radius 3 is 2.50 bits per heavy atom. The van der Waals surface area contributed by atoms with Crippen LogP contribution in [0.3, 0.4) is 0 Å². The Labute approximate surface area is 180 Å². The molecular formula is C22H24ClN3O4. The van der Waals surface area contributed by atoms with Crippen LogP contribution in [0.15, 0.2) is 36.4 Å². The average Bonchev–Trinajstić information content (AvgIpc) is 2.95. The minimum absolute atomic E-state index is 0.345. The summed E-state index contributed by atoms with van der Waals surface area (Å²) in [5, 5.41) is 6.07. The number of imide groups is 1. The van der Waals surface area contributed by atoms with Gasteiger partial charge < -0.3 is 15.4 Å². The Morgan fingerprint density at radius 2 is 1.90 bits per heavy atom. The second-order valence-electron chi connectivity index (χ2n) is 7.27. The van der Waals surface area contributed by atoms with Crippen LogP contribution >= 0.6 is 11.6 Å². The summed E-state index contributed by atoms with van der Waals surface area (Å²) < 4.78 is 5.28. The van der Waals surface area contributed by atoms with Gasteiger partial charge in [0.25, 0.3) is 5.91 Å². The minimum atomic E-state index is -1.22. The number of anilines is 1. The van der Waals surface area contributed by atoms with E-state index in [1.807, 2.05) is 26.8 Å². The highest BCUT2D eigenvalue weighted by molar-refractivity contribution is 6.30. The molecule has 0 bridgehead atoms. The molecule has 1 aliphatic rings. The van der Waals surface area contributed by atoms with Crippen molar-refractivity contribution in [3.05, 3.63) is 58.1 Å². The number of ether oxygens (including phenoxy) is 1. The normalized spacial score (nSPS) is 18.4. The number of hydrogen-bond acceptors (Lipinski definition) is 4. The summed E-state index contributed by atoms with van der Waals surface area (Å²) >= 11 is 5.94. The summed E-state index contributed by atoms with van der Waals surface area (Å²) in [5.41, 5.74) is 1.64. The molecule has 1 unspecified atom stereocenters. The number of urea groups is 1. The molecule has 158 valence electrons. The van der Waals surface area contributed by atoms with Crippen molar-refractivity contribution in [1.29, 1.82) is 0 Å². The van der Waals surface area contributed by atoms with Crippen molar-refractivity contribution in [2.45, 2.75) is 32.7 Å². The van der Waals surface area contributed by atoms with Crippen molar-refractivity contribution in [1.82, 2.24) is 10.2 Å². The van der Waals surface area contributed by atoms with Crippen LogP contribution in [0.25, 0.3) is 0 Å². The van der Waals surface area contributed by atoms with Gasteiger partial charge in [0.2, 0.25) is 5.91 Å². The van der Waals surface area contributed by atoms with Gasteiger partial charge in [0.1, 0.15) is 17.8 Å². The van der Waals surface area contributed by atoms with Gasteiger partial charge in [-0.05, 0) is 67.3 Å². The number of nitrogens with zero attached hydrogens (tertiary/aromatic N) is 1. The number of nitrogens with one attached hydrogen (secondary N) is 2. The Balaban J connectivity index is 1.82. The zero-order valence-corrected chi connectivity index (χ0v) is 18.1. The predicted octanol–water partition coefficient (Wildman–Crippen LogP) is 3.76. The molecule has 2 N–H and O–H groups in total. The third-order valence-electron chi connectivity index (χ3n) is 5.36. The second kappa shape index (κ2) is 8.36. The van der Waals surface area contributed by atoms with Crippen LogP contribution in [0.2, 0.25) is 5.02 Å². The molecule has 0 aromatic heterocycles. The van der Waals surface area contributed by atoms with E-state index in [9.17, 15) is 14.4 Å². The van der Waals surface area contributed by atoms with Gasteiger partial charge in [0.15, 0.2) is 0 Å². The summed E-state index contributed by atoms with van der Waals surface area (Å²) in [4.78, 5) is 39.3. The summed E-state index contributed by atoms with van der Waals surface area (Å²) in [7, 11) is 1.57. The first-order valence-corrected chi connectivity index (χ1v) is 9.95. The summed E-state index contributed by atoms with van der Waals surface area (Å²) in [6.07, 6.45) is 0.345. The van der Waals surface area contributed by atoms with E-state index in [-0.39, 0.29) is 6.54 Å². The van der Waals surface area contributed by atoms with Crippen LogP contribution in [0, 0.1) is 13.8 Å². The number of halogens is 1. The largest absolute Gasteiger partial charge is 0.496 e. The Bertz CT molecular complexity index is 1020. The van der Waals surface area contributed by atoms with Crippen molar-refractivity contribution in [2.24, 2.45) is 0 Å². The molecular weight excluding hydrogens is 406 g/mol. The van der Waals surface area contributed by atoms with E-state index >= 15 is 0 Å². The molecule has 7 nitrogen and oxygen atoms in total. The Morgan fingerprint density at radius 1 is 1.17 bits per heavy atom. The first kappa shape index (κ1) is 21.6. The molecule has 0 spiro atoms. The number of rotatable bonds is 6. The van der Waals surface area contributed by atoms with E-state index in [2.05, 4.69) is 10.6 Å². The number of carbonyl (C=O) groups is 3. The van der Waals surface area contributed by atoms with Crippen molar-refractivity contribution in [3.8, 4) is 5.75 Å². The maximum absolute atomic E-state index is 13.2. The lowest BCUT2D eigenvalue weighted by Gasteiger charge is -2.26. The fourth-order valence-electron chi connectivity index (χ4n) is 3.65. The lowest BCUT2D eigenvalue weighted by molar-refractivity contribution is -0.134. The van der Waals surface area contributed by atoms with Crippen LogP contribution < -0.4 is 15.4 Å². The molecule has 2 aromatic carbocycles. The zero-order chi connectivity index (χ0) is 22.1. The molecule has 0 aliphatic carbocycles. The van der Waals surface area contributed by atoms with Crippen LogP contribution in [0.1, 0.15) is 30.0 Å². The lowest BCUT2D eigenvalue weighted by atomic mass is 9.86. The van der Waals surface area contributed by atoms with Gasteiger partial charge in [0.05, 0.1) is 7.11 Å². The fourth-order valence-corrected chi connectivity index (χ4v) is 3.88. The van der Waals surface area contributed by atoms with Gasteiger partial charge >= 0.3 is 6.03 Å². The number of aryl methyl sites for hydroxylation is 2. The summed E-state index contributed by atoms with van der Waals surface area (Å²) in [5.74, 6) is -0.236. The molecule has 1 aliphatic heterocycles. The van der Waals surface area contributed by atoms with Gasteiger partial charge in [-0.2, -0.15) is 0 Å². The molecule has 1 atom stereocenters. The molecule has 30 heavy (non-hydrogen) atoms. The number of methoxy groups -OCH3 is 1. The van der Waals surface area contributed by atoms with Gasteiger partial charge in [0, 0.05) is 10.7 Å². The highest BCUT2D eigenvalue weighted by atomic mass is 35.5. The maximum Gasteiger partial charge on any atom is 0.325 e. The minimum Gasteiger partial charge on any atom is -0.496 e. The second-order valence-corrected chi connectivity index (χ2v) is 7.71. The van der Waals surface area contributed by atoms with Crippen molar-refractivity contribution in [3.63, 3.8) is 0 Å². The van der Waals surface area contributed by atoms with Gasteiger partial charge in [-0.25, -0.2) is 4.79 Å². The summed E-state index contributed by atoms with van der Waals surface area (Å²) in [6, 6.07) is 9.80. The predicted molar refractivity (Wildman–Crippen MR) is 115 cm³/mol. The topological polar surface area (TPSA) is 87.7 Å². The molecule has 2 aromatic rings. The monoisotopic (exact) mass is 429 g/mol. The molecule has 4 amide bonds. The first-order valence-electron chi connectivity index (χ1n) is 9.57. The standard InChI is InChI=1S/C22H24ClN3O4/c1-5-22(15-6-9-18(30-4)14(3)10-15)20(28)26(21(29)25-22)12-19(27)24-17-8-7-16(23)11-13(17)2/h6-11H,5,12H2,1-4H3,(H,24,27)(H,25,29). The van der Waals surface area contributed by atoms with Gasteiger partial charge in [-0.1, -0.05) is 24.6 Å². The van der Waals surface area contributed by atoms with Crippen molar-refractivity contribution < 1.29 is 19.1 Å². The van der Waals surface area contributed by atoms with Crippen molar-refractivity contribution >= 4 is 35.1 Å². The number of hydrogen-bond donors (Lipinski definition) is 2. The van der Waals surface area contributed by atoms with E-state index in [1.54, 1.807) is 37.4 Å². The molecule has 3 rings (SSSR count). The maximum atomic E-state index is 13.2. The molecule has 0 saturated carbocycles. The van der Waals surface area contributed by atoms with E-state index in [0.29, 0.717) is 28.4 Å². The van der Waals surface area contributed by atoms with E-state index in [1.165, 1.54) is 0 Å². The van der Waals surface area contributed by atoms with Crippen LogP contribution in [-0.2, 0) is 15.1 Å². The molecule has 1 saturated heterocycles. The highest BCUT2D eigenvalue weighted by Crippen LogP contribution is 2.34. The molecule has 0 radical (unpaired) electrons. The van der Waals surface area contributed by atoms with E-state index < -0.39 is 23.4 Å². The van der Waals surface area contributed by atoms with E-state index in [0.717, 1.165) is 16.0 Å². The van der Waals surface area contributed by atoms with Crippen LogP contribution in [-0.4, -0.2) is 36.4 Å². The first-order chi connectivity index (χ1) is 14.2. The zero-order valence-electron chi connectivity index (χ0n) is 17.3. The number of carbonyl (C=O) groups excluding carboxylic acids is 3.